The Morgan fingerprint density at radius 3 is 2.59 bits per heavy atom. The van der Waals surface area contributed by atoms with Gasteiger partial charge in [0.25, 0.3) is 0 Å². The van der Waals surface area contributed by atoms with E-state index in [-0.39, 0.29) is 28.5 Å². The van der Waals surface area contributed by atoms with Crippen molar-refractivity contribution in [3.8, 4) is 5.75 Å². The van der Waals surface area contributed by atoms with Gasteiger partial charge in [-0.25, -0.2) is 14.4 Å². The Bertz CT molecular complexity index is 1080. The minimum absolute atomic E-state index is 0.00818. The van der Waals surface area contributed by atoms with Crippen LogP contribution < -0.4 is 20.3 Å². The fourth-order valence-corrected chi connectivity index (χ4v) is 3.09. The van der Waals surface area contributed by atoms with Crippen molar-refractivity contribution in [3.05, 3.63) is 71.0 Å². The molecule has 2 heterocycles. The van der Waals surface area contributed by atoms with Gasteiger partial charge in [0.15, 0.2) is 23.2 Å². The van der Waals surface area contributed by atoms with Gasteiger partial charge in [0.1, 0.15) is 18.7 Å². The normalized spacial score (nSPS) is 13.0. The Labute approximate surface area is 189 Å². The van der Waals surface area contributed by atoms with Crippen molar-refractivity contribution in [3.63, 3.8) is 0 Å². The number of rotatable bonds is 6. The maximum atomic E-state index is 14.9. The average Bonchev–Trinajstić information content (AvgIpc) is 2.74. The Hall–Kier alpha value is -3.30. The predicted octanol–water partition coefficient (Wildman–Crippen LogP) is 4.07. The average molecular weight is 462 g/mol. The molecule has 4 rings (SSSR count). The molecule has 0 radical (unpaired) electrons. The third kappa shape index (κ3) is 5.68. The molecule has 1 saturated heterocycles. The van der Waals surface area contributed by atoms with Crippen LogP contribution in [-0.2, 0) is 0 Å². The van der Waals surface area contributed by atoms with Gasteiger partial charge in [-0.1, -0.05) is 23.7 Å². The van der Waals surface area contributed by atoms with Crippen LogP contribution in [0.15, 0.2) is 48.8 Å². The third-order valence-electron chi connectivity index (χ3n) is 4.39. The molecule has 0 unspecified atom stereocenters. The lowest BCUT2D eigenvalue weighted by Crippen LogP contribution is -2.54. The molecule has 0 atom stereocenters. The number of carbonyl (C=O) groups excluding carboxylic acids is 1. The summed E-state index contributed by atoms with van der Waals surface area (Å²) >= 11 is 5.73. The van der Waals surface area contributed by atoms with E-state index in [1.165, 1.54) is 24.5 Å². The van der Waals surface area contributed by atoms with Crippen molar-refractivity contribution in [1.82, 2.24) is 15.3 Å². The second kappa shape index (κ2) is 10.8. The Morgan fingerprint density at radius 2 is 1.91 bits per heavy atom. The molecule has 2 aromatic carbocycles. The van der Waals surface area contributed by atoms with Crippen molar-refractivity contribution in [1.29, 1.82) is 0 Å². The van der Waals surface area contributed by atoms with E-state index in [4.69, 9.17) is 16.3 Å². The largest absolute Gasteiger partial charge is 0.484 e. The van der Waals surface area contributed by atoms with Gasteiger partial charge < -0.3 is 20.3 Å². The molecule has 0 saturated carbocycles. The molecule has 1 aliphatic rings. The molecule has 0 spiro atoms. The number of hydrogen-bond acceptors (Lipinski definition) is 7. The summed E-state index contributed by atoms with van der Waals surface area (Å²) in [5.41, 5.74) is 0.989. The lowest BCUT2D eigenvalue weighted by Gasteiger charge is -2.39. The van der Waals surface area contributed by atoms with E-state index in [1.54, 1.807) is 29.2 Å². The number of anilines is 3. The van der Waals surface area contributed by atoms with Gasteiger partial charge in [-0.3, -0.25) is 4.79 Å². The van der Waals surface area contributed by atoms with E-state index in [0.717, 1.165) is 0 Å². The molecule has 0 bridgehead atoms. The van der Waals surface area contributed by atoms with Crippen molar-refractivity contribution >= 4 is 35.2 Å². The summed E-state index contributed by atoms with van der Waals surface area (Å²) in [6.45, 7) is 0.687. The van der Waals surface area contributed by atoms with E-state index < -0.39 is 11.6 Å². The van der Waals surface area contributed by atoms with Crippen LogP contribution >= 0.6 is 11.6 Å². The number of ether oxygens (including phenoxy) is 1. The van der Waals surface area contributed by atoms with Gasteiger partial charge in [-0.2, -0.15) is 4.39 Å². The molecule has 0 aliphatic carbocycles. The van der Waals surface area contributed by atoms with Crippen molar-refractivity contribution < 1.29 is 18.3 Å². The van der Waals surface area contributed by atoms with Crippen LogP contribution in [-0.4, -0.2) is 49.5 Å². The van der Waals surface area contributed by atoms with E-state index in [1.807, 2.05) is 14.1 Å². The summed E-state index contributed by atoms with van der Waals surface area (Å²) in [5, 5.41) is 5.88. The van der Waals surface area contributed by atoms with Gasteiger partial charge in [0, 0.05) is 16.3 Å². The number of nitrogens with zero attached hydrogens (tertiary/aromatic N) is 3. The molecule has 10 heteroatoms. The number of hydrogen-bond donors (Lipinski definition) is 2. The standard InChI is InChI=1S/C20H15ClF2N4O2.C2H7N/c21-13-4-5-17(16(22)7-13)29-15-8-27(9-15)20-18(23)19(24-11-25-20)26-14-3-1-2-12(6-14)10-28;1-3-2/h1-7,10-11,15H,8-9H2,(H,24,25,26);3H,1-2H3. The first-order chi connectivity index (χ1) is 15.4. The quantitative estimate of drug-likeness (QED) is 0.536. The number of carbonyl (C=O) groups is 1. The highest BCUT2D eigenvalue weighted by Crippen LogP contribution is 2.30. The maximum absolute atomic E-state index is 14.9. The number of aromatic nitrogens is 2. The molecule has 32 heavy (non-hydrogen) atoms. The maximum Gasteiger partial charge on any atom is 0.208 e. The lowest BCUT2D eigenvalue weighted by molar-refractivity contribution is 0.112. The Balaban J connectivity index is 0.000000913. The second-order valence-electron chi connectivity index (χ2n) is 6.95. The van der Waals surface area contributed by atoms with Gasteiger partial charge in [-0.15, -0.1) is 0 Å². The van der Waals surface area contributed by atoms with Crippen LogP contribution in [0.4, 0.5) is 26.1 Å². The topological polar surface area (TPSA) is 79.4 Å². The van der Waals surface area contributed by atoms with E-state index in [2.05, 4.69) is 20.6 Å². The van der Waals surface area contributed by atoms with Crippen molar-refractivity contribution in [2.75, 3.05) is 37.4 Å². The van der Waals surface area contributed by atoms with Crippen LogP contribution in [0, 0.1) is 11.6 Å². The van der Waals surface area contributed by atoms with Gasteiger partial charge >= 0.3 is 0 Å². The first-order valence-electron chi connectivity index (χ1n) is 9.73. The molecule has 1 aromatic heterocycles. The number of halogens is 3. The molecule has 3 aromatic rings. The molecule has 168 valence electrons. The van der Waals surface area contributed by atoms with E-state index in [0.29, 0.717) is 30.6 Å². The van der Waals surface area contributed by atoms with E-state index >= 15 is 0 Å². The van der Waals surface area contributed by atoms with Crippen LogP contribution in [0.1, 0.15) is 10.4 Å². The zero-order chi connectivity index (χ0) is 23.1. The highest BCUT2D eigenvalue weighted by atomic mass is 35.5. The summed E-state index contributed by atoms with van der Waals surface area (Å²) in [6.07, 6.45) is 1.65. The van der Waals surface area contributed by atoms with Crippen molar-refractivity contribution in [2.45, 2.75) is 6.10 Å². The summed E-state index contributed by atoms with van der Waals surface area (Å²) in [4.78, 5) is 20.5. The Morgan fingerprint density at radius 1 is 1.16 bits per heavy atom. The van der Waals surface area contributed by atoms with Gasteiger partial charge in [-0.05, 0) is 44.4 Å². The highest BCUT2D eigenvalue weighted by molar-refractivity contribution is 6.30. The molecular formula is C22H22ClF2N5O2. The fourth-order valence-electron chi connectivity index (χ4n) is 2.93. The fraction of sp³-hybridized carbons (Fsp3) is 0.227. The van der Waals surface area contributed by atoms with Crippen LogP contribution in [0.25, 0.3) is 0 Å². The first kappa shape index (κ1) is 23.4. The smallest absolute Gasteiger partial charge is 0.208 e. The molecule has 7 nitrogen and oxygen atoms in total. The van der Waals surface area contributed by atoms with Gasteiger partial charge in [0.05, 0.1) is 13.1 Å². The zero-order valence-electron chi connectivity index (χ0n) is 17.5. The SMILES string of the molecule is CNC.O=Cc1cccc(Nc2ncnc(N3CC(Oc4ccc(Cl)cc4F)C3)c2F)c1. The first-order valence-corrected chi connectivity index (χ1v) is 10.1. The van der Waals surface area contributed by atoms with Crippen LogP contribution in [0.5, 0.6) is 5.75 Å². The molecule has 1 fully saturated rings. The summed E-state index contributed by atoms with van der Waals surface area (Å²) in [7, 11) is 3.75. The zero-order valence-corrected chi connectivity index (χ0v) is 18.2. The minimum Gasteiger partial charge on any atom is -0.484 e. The monoisotopic (exact) mass is 461 g/mol. The Kier molecular flexibility index (Phi) is 7.91. The summed E-state index contributed by atoms with van der Waals surface area (Å²) < 4.78 is 34.3. The van der Waals surface area contributed by atoms with E-state index in [9.17, 15) is 13.6 Å². The molecule has 1 aliphatic heterocycles. The number of benzene rings is 2. The minimum atomic E-state index is -0.625. The molecular weight excluding hydrogens is 440 g/mol. The predicted molar refractivity (Wildman–Crippen MR) is 120 cm³/mol. The third-order valence-corrected chi connectivity index (χ3v) is 4.63. The summed E-state index contributed by atoms with van der Waals surface area (Å²) in [6, 6.07) is 10.8. The van der Waals surface area contributed by atoms with Crippen LogP contribution in [0.2, 0.25) is 5.02 Å². The second-order valence-corrected chi connectivity index (χ2v) is 7.38. The van der Waals surface area contributed by atoms with Crippen molar-refractivity contribution in [2.24, 2.45) is 0 Å². The van der Waals surface area contributed by atoms with Crippen LogP contribution in [0.3, 0.4) is 0 Å². The molecule has 2 N–H and O–H groups in total. The van der Waals surface area contributed by atoms with Gasteiger partial charge in [0.2, 0.25) is 5.82 Å². The molecule has 0 amide bonds. The summed E-state index contributed by atoms with van der Waals surface area (Å²) in [5.74, 6) is -0.968. The number of aldehydes is 1. The highest BCUT2D eigenvalue weighted by Gasteiger charge is 2.33. The lowest BCUT2D eigenvalue weighted by atomic mass is 10.1. The number of nitrogens with one attached hydrogen (secondary N) is 2.